The number of phenols is 1. The highest BCUT2D eigenvalue weighted by atomic mass is 32.2. The van der Waals surface area contributed by atoms with E-state index in [-0.39, 0.29) is 5.75 Å². The van der Waals surface area contributed by atoms with Crippen molar-refractivity contribution >= 4 is 17.6 Å². The molecular weight excluding hydrogens is 234 g/mol. The fourth-order valence-corrected chi connectivity index (χ4v) is 2.14. The number of nitrogens with zero attached hydrogens (tertiary/aromatic N) is 1. The van der Waals surface area contributed by atoms with Crippen molar-refractivity contribution in [3.63, 3.8) is 0 Å². The smallest absolute Gasteiger partial charge is 0.139 e. The molecule has 0 amide bonds. The third kappa shape index (κ3) is 3.37. The van der Waals surface area contributed by atoms with Gasteiger partial charge < -0.3 is 10.5 Å². The van der Waals surface area contributed by atoms with E-state index in [1.165, 1.54) is 0 Å². The van der Waals surface area contributed by atoms with Gasteiger partial charge in [0.05, 0.1) is 0 Å². The monoisotopic (exact) mass is 247 g/mol. The van der Waals surface area contributed by atoms with Gasteiger partial charge in [-0.05, 0) is 35.9 Å². The largest absolute Gasteiger partial charge is 0.508 e. The van der Waals surface area contributed by atoms with Gasteiger partial charge in [0.2, 0.25) is 0 Å². The van der Waals surface area contributed by atoms with E-state index >= 15 is 0 Å². The van der Waals surface area contributed by atoms with E-state index in [0.717, 1.165) is 16.2 Å². The number of aromatic nitrogens is 1. The van der Waals surface area contributed by atoms with Crippen LogP contribution in [-0.2, 0) is 5.75 Å². The molecule has 4 nitrogen and oxygen atoms in total. The third-order valence-electron chi connectivity index (χ3n) is 2.21. The van der Waals surface area contributed by atoms with E-state index in [1.54, 1.807) is 30.1 Å². The van der Waals surface area contributed by atoms with Crippen LogP contribution in [0.2, 0.25) is 0 Å². The van der Waals surface area contributed by atoms with Crippen LogP contribution in [0.5, 0.6) is 5.75 Å². The maximum atomic E-state index is 9.16. The lowest BCUT2D eigenvalue weighted by molar-refractivity contribution is 0.475. The summed E-state index contributed by atoms with van der Waals surface area (Å²) in [5.41, 5.74) is 3.62. The summed E-state index contributed by atoms with van der Waals surface area (Å²) in [5, 5.41) is 9.16. The summed E-state index contributed by atoms with van der Waals surface area (Å²) in [4.78, 5) is 5.25. The Kier molecular flexibility index (Phi) is 3.85. The first-order valence-electron chi connectivity index (χ1n) is 5.11. The lowest BCUT2D eigenvalue weighted by atomic mass is 10.3. The molecule has 5 heteroatoms. The minimum atomic E-state index is 0.286. The number of rotatable bonds is 4. The van der Waals surface area contributed by atoms with Gasteiger partial charge in [-0.25, -0.2) is 10.8 Å². The standard InChI is InChI=1S/C12H13N3OS/c13-15-12-6-1-9(7-14-12)8-17-11-4-2-10(16)3-5-11/h1-7,16H,8,13H2,(H,14,15). The number of hydrogen-bond acceptors (Lipinski definition) is 5. The van der Waals surface area contributed by atoms with Gasteiger partial charge in [-0.3, -0.25) is 0 Å². The number of hydrogen-bond donors (Lipinski definition) is 3. The normalized spacial score (nSPS) is 10.2. The maximum absolute atomic E-state index is 9.16. The Labute approximate surface area is 104 Å². The van der Waals surface area contributed by atoms with Gasteiger partial charge in [-0.1, -0.05) is 6.07 Å². The summed E-state index contributed by atoms with van der Waals surface area (Å²) < 4.78 is 0. The highest BCUT2D eigenvalue weighted by Gasteiger charge is 1.98. The molecule has 0 aliphatic rings. The van der Waals surface area contributed by atoms with Gasteiger partial charge in [-0.15, -0.1) is 11.8 Å². The SMILES string of the molecule is NNc1ccc(CSc2ccc(O)cc2)cn1. The van der Waals surface area contributed by atoms with Crippen LogP contribution in [0.4, 0.5) is 5.82 Å². The molecule has 0 unspecified atom stereocenters. The van der Waals surface area contributed by atoms with Gasteiger partial charge in [0.15, 0.2) is 0 Å². The number of benzene rings is 1. The number of aromatic hydroxyl groups is 1. The third-order valence-corrected chi connectivity index (χ3v) is 3.30. The van der Waals surface area contributed by atoms with Crippen molar-refractivity contribution in [2.45, 2.75) is 10.6 Å². The molecule has 0 spiro atoms. The zero-order valence-electron chi connectivity index (χ0n) is 9.13. The summed E-state index contributed by atoms with van der Waals surface area (Å²) in [6.07, 6.45) is 1.79. The van der Waals surface area contributed by atoms with Crippen LogP contribution in [0, 0.1) is 0 Å². The Morgan fingerprint density at radius 2 is 1.94 bits per heavy atom. The van der Waals surface area contributed by atoms with E-state index < -0.39 is 0 Å². The predicted molar refractivity (Wildman–Crippen MR) is 69.7 cm³/mol. The zero-order chi connectivity index (χ0) is 12.1. The van der Waals surface area contributed by atoms with E-state index in [4.69, 9.17) is 10.9 Å². The Hall–Kier alpha value is -1.72. The van der Waals surface area contributed by atoms with Crippen molar-refractivity contribution < 1.29 is 5.11 Å². The number of phenolic OH excluding ortho intramolecular Hbond substituents is 1. The Morgan fingerprint density at radius 1 is 1.18 bits per heavy atom. The van der Waals surface area contributed by atoms with Crippen molar-refractivity contribution in [1.29, 1.82) is 0 Å². The molecule has 0 radical (unpaired) electrons. The molecule has 0 atom stereocenters. The fraction of sp³-hybridized carbons (Fsp3) is 0.0833. The van der Waals surface area contributed by atoms with Crippen molar-refractivity contribution in [2.75, 3.05) is 5.43 Å². The van der Waals surface area contributed by atoms with Gasteiger partial charge in [0.1, 0.15) is 11.6 Å². The predicted octanol–water partition coefficient (Wildman–Crippen LogP) is 2.37. The molecule has 4 N–H and O–H groups in total. The molecule has 0 bridgehead atoms. The molecular formula is C12H13N3OS. The van der Waals surface area contributed by atoms with Crippen LogP contribution < -0.4 is 11.3 Å². The number of nitrogens with two attached hydrogens (primary N) is 1. The molecule has 0 aliphatic heterocycles. The second-order valence-corrected chi connectivity index (χ2v) is 4.53. The van der Waals surface area contributed by atoms with Crippen LogP contribution in [0.3, 0.4) is 0 Å². The van der Waals surface area contributed by atoms with Crippen molar-refractivity contribution in [2.24, 2.45) is 5.84 Å². The Bertz CT molecular complexity index is 470. The fourth-order valence-electron chi connectivity index (χ4n) is 1.30. The molecule has 0 saturated carbocycles. The van der Waals surface area contributed by atoms with Crippen molar-refractivity contribution in [3.05, 3.63) is 48.2 Å². The highest BCUT2D eigenvalue weighted by molar-refractivity contribution is 7.98. The van der Waals surface area contributed by atoms with Gasteiger partial charge >= 0.3 is 0 Å². The number of thioether (sulfide) groups is 1. The first-order chi connectivity index (χ1) is 8.28. The first kappa shape index (κ1) is 11.8. The second kappa shape index (κ2) is 5.56. The van der Waals surface area contributed by atoms with Gasteiger partial charge in [0.25, 0.3) is 0 Å². The van der Waals surface area contributed by atoms with Crippen molar-refractivity contribution in [1.82, 2.24) is 4.98 Å². The minimum Gasteiger partial charge on any atom is -0.508 e. The Balaban J connectivity index is 1.95. The molecule has 2 aromatic rings. The minimum absolute atomic E-state index is 0.286. The lowest BCUT2D eigenvalue weighted by Gasteiger charge is -2.03. The molecule has 0 saturated heterocycles. The molecule has 0 fully saturated rings. The van der Waals surface area contributed by atoms with Crippen LogP contribution in [-0.4, -0.2) is 10.1 Å². The van der Waals surface area contributed by atoms with E-state index in [2.05, 4.69) is 10.4 Å². The summed E-state index contributed by atoms with van der Waals surface area (Å²) in [6, 6.07) is 11.0. The summed E-state index contributed by atoms with van der Waals surface area (Å²) in [5.74, 6) is 7.02. The quantitative estimate of drug-likeness (QED) is 0.439. The molecule has 0 aliphatic carbocycles. The average Bonchev–Trinajstić information content (AvgIpc) is 2.39. The molecule has 17 heavy (non-hydrogen) atoms. The molecule has 1 aromatic heterocycles. The number of nitrogens with one attached hydrogen (secondary N) is 1. The molecule has 1 heterocycles. The highest BCUT2D eigenvalue weighted by Crippen LogP contribution is 2.24. The maximum Gasteiger partial charge on any atom is 0.139 e. The summed E-state index contributed by atoms with van der Waals surface area (Å²) in [6.45, 7) is 0. The van der Waals surface area contributed by atoms with Crippen LogP contribution in [0.25, 0.3) is 0 Å². The van der Waals surface area contributed by atoms with E-state index in [0.29, 0.717) is 5.82 Å². The molecule has 88 valence electrons. The van der Waals surface area contributed by atoms with Crippen molar-refractivity contribution in [3.8, 4) is 5.75 Å². The number of pyridine rings is 1. The van der Waals surface area contributed by atoms with Gasteiger partial charge in [-0.2, -0.15) is 0 Å². The molecule has 2 rings (SSSR count). The van der Waals surface area contributed by atoms with E-state index in [1.807, 2.05) is 24.3 Å². The Morgan fingerprint density at radius 3 is 2.53 bits per heavy atom. The zero-order valence-corrected chi connectivity index (χ0v) is 9.95. The van der Waals surface area contributed by atoms with Gasteiger partial charge in [0, 0.05) is 16.8 Å². The second-order valence-electron chi connectivity index (χ2n) is 3.48. The first-order valence-corrected chi connectivity index (χ1v) is 6.10. The lowest BCUT2D eigenvalue weighted by Crippen LogP contribution is -2.08. The van der Waals surface area contributed by atoms with Crippen LogP contribution >= 0.6 is 11.8 Å². The summed E-state index contributed by atoms with van der Waals surface area (Å²) >= 11 is 1.69. The van der Waals surface area contributed by atoms with E-state index in [9.17, 15) is 0 Å². The number of nitrogen functional groups attached to an aromatic ring is 1. The number of anilines is 1. The van der Waals surface area contributed by atoms with Crippen LogP contribution in [0.1, 0.15) is 5.56 Å². The average molecular weight is 247 g/mol. The van der Waals surface area contributed by atoms with Crippen LogP contribution in [0.15, 0.2) is 47.5 Å². The topological polar surface area (TPSA) is 71.2 Å². The molecule has 1 aromatic carbocycles. The summed E-state index contributed by atoms with van der Waals surface area (Å²) in [7, 11) is 0. The number of hydrazine groups is 1.